The molecule has 2 aromatic rings. The molecule has 0 spiro atoms. The van der Waals surface area contributed by atoms with Gasteiger partial charge in [-0.2, -0.15) is 4.98 Å². The molecule has 3 rings (SSSR count). The minimum absolute atomic E-state index is 0. The fraction of sp³-hybridized carbons (Fsp3) is 0.400. The number of aromatic nitrogens is 2. The lowest BCUT2D eigenvalue weighted by atomic mass is 10.1. The van der Waals surface area contributed by atoms with Gasteiger partial charge in [-0.05, 0) is 35.0 Å². The number of halogens is 2. The van der Waals surface area contributed by atoms with Gasteiger partial charge < -0.3 is 9.84 Å². The fourth-order valence-corrected chi connectivity index (χ4v) is 3.15. The fourth-order valence-electron chi connectivity index (χ4n) is 1.80. The number of hydrogen-bond donors (Lipinski definition) is 1. The number of nitrogens with one attached hydrogen (secondary N) is 1. The standard InChI is InChI=1S/C10H10BrN3OS.ClH/c11-7-3-8(16-5-7)9-13-10(15-14-9)6-1-2-12-4-6;/h3,5-6,12H,1-2,4H2;1H/t6-;/m1./s1. The number of thiophene rings is 1. The van der Waals surface area contributed by atoms with Crippen LogP contribution in [0, 0.1) is 0 Å². The van der Waals surface area contributed by atoms with Gasteiger partial charge in [0.15, 0.2) is 0 Å². The van der Waals surface area contributed by atoms with E-state index in [-0.39, 0.29) is 12.4 Å². The molecule has 1 saturated heterocycles. The van der Waals surface area contributed by atoms with Crippen LogP contribution < -0.4 is 5.32 Å². The molecule has 0 bridgehead atoms. The second-order valence-electron chi connectivity index (χ2n) is 3.78. The highest BCUT2D eigenvalue weighted by Crippen LogP contribution is 2.29. The van der Waals surface area contributed by atoms with Gasteiger partial charge >= 0.3 is 0 Å². The molecule has 0 aliphatic carbocycles. The van der Waals surface area contributed by atoms with Crippen molar-refractivity contribution < 1.29 is 4.52 Å². The molecule has 7 heteroatoms. The molecule has 3 heterocycles. The lowest BCUT2D eigenvalue weighted by molar-refractivity contribution is 0.359. The molecule has 1 aliphatic heterocycles. The smallest absolute Gasteiger partial charge is 0.231 e. The summed E-state index contributed by atoms with van der Waals surface area (Å²) in [5.74, 6) is 1.83. The summed E-state index contributed by atoms with van der Waals surface area (Å²) in [6.07, 6.45) is 1.08. The molecule has 0 amide bonds. The topological polar surface area (TPSA) is 51.0 Å². The third-order valence-electron chi connectivity index (χ3n) is 2.64. The Bertz CT molecular complexity index is 495. The van der Waals surface area contributed by atoms with E-state index in [1.54, 1.807) is 11.3 Å². The van der Waals surface area contributed by atoms with Gasteiger partial charge in [-0.1, -0.05) is 5.16 Å². The first-order valence-electron chi connectivity index (χ1n) is 5.11. The highest BCUT2D eigenvalue weighted by Gasteiger charge is 2.23. The summed E-state index contributed by atoms with van der Waals surface area (Å²) in [6, 6.07) is 2.01. The zero-order valence-electron chi connectivity index (χ0n) is 8.85. The van der Waals surface area contributed by atoms with E-state index in [9.17, 15) is 0 Å². The Balaban J connectivity index is 0.00000108. The molecule has 4 nitrogen and oxygen atoms in total. The van der Waals surface area contributed by atoms with Crippen LogP contribution in [-0.2, 0) is 0 Å². The van der Waals surface area contributed by atoms with Crippen molar-refractivity contribution >= 4 is 39.7 Å². The van der Waals surface area contributed by atoms with Crippen molar-refractivity contribution in [1.29, 1.82) is 0 Å². The van der Waals surface area contributed by atoms with E-state index in [0.29, 0.717) is 11.7 Å². The Morgan fingerprint density at radius 1 is 1.53 bits per heavy atom. The average molecular weight is 337 g/mol. The Hall–Kier alpha value is -0.430. The first-order chi connectivity index (χ1) is 7.83. The summed E-state index contributed by atoms with van der Waals surface area (Å²) in [4.78, 5) is 5.48. The molecule has 1 N–H and O–H groups in total. The molecular weight excluding hydrogens is 326 g/mol. The van der Waals surface area contributed by atoms with E-state index in [1.165, 1.54) is 0 Å². The van der Waals surface area contributed by atoms with Crippen molar-refractivity contribution in [3.8, 4) is 10.7 Å². The molecule has 0 saturated carbocycles. The van der Waals surface area contributed by atoms with Gasteiger partial charge in [-0.3, -0.25) is 0 Å². The zero-order valence-corrected chi connectivity index (χ0v) is 12.1. The predicted molar refractivity (Wildman–Crippen MR) is 72.8 cm³/mol. The van der Waals surface area contributed by atoms with Crippen LogP contribution in [0.3, 0.4) is 0 Å². The third-order valence-corrected chi connectivity index (χ3v) is 4.33. The van der Waals surface area contributed by atoms with E-state index >= 15 is 0 Å². The van der Waals surface area contributed by atoms with Crippen LogP contribution in [0.25, 0.3) is 10.7 Å². The summed E-state index contributed by atoms with van der Waals surface area (Å²) < 4.78 is 6.36. The van der Waals surface area contributed by atoms with Gasteiger partial charge in [0.25, 0.3) is 0 Å². The molecule has 1 atom stereocenters. The van der Waals surface area contributed by atoms with E-state index in [1.807, 2.05) is 11.4 Å². The molecule has 0 aromatic carbocycles. The SMILES string of the molecule is Brc1csc(-c2noc([C@@H]3CCNC3)n2)c1.Cl. The van der Waals surface area contributed by atoms with Gasteiger partial charge in [-0.25, -0.2) is 0 Å². The summed E-state index contributed by atoms with van der Waals surface area (Å²) in [5.41, 5.74) is 0. The minimum atomic E-state index is 0. The normalized spacial score (nSPS) is 19.2. The van der Waals surface area contributed by atoms with Gasteiger partial charge in [0.05, 0.1) is 10.8 Å². The maximum Gasteiger partial charge on any atom is 0.231 e. The maximum absolute atomic E-state index is 5.30. The Morgan fingerprint density at radius 2 is 2.41 bits per heavy atom. The van der Waals surface area contributed by atoms with Crippen LogP contribution in [0.4, 0.5) is 0 Å². The molecule has 92 valence electrons. The highest BCUT2D eigenvalue weighted by molar-refractivity contribution is 9.10. The lowest BCUT2D eigenvalue weighted by Crippen LogP contribution is -2.08. The Morgan fingerprint density at radius 3 is 3.06 bits per heavy atom. The van der Waals surface area contributed by atoms with E-state index < -0.39 is 0 Å². The number of hydrogen-bond acceptors (Lipinski definition) is 5. The number of nitrogens with zero attached hydrogens (tertiary/aromatic N) is 2. The van der Waals surface area contributed by atoms with Crippen molar-refractivity contribution in [2.24, 2.45) is 0 Å². The van der Waals surface area contributed by atoms with Gasteiger partial charge in [0, 0.05) is 16.4 Å². The average Bonchev–Trinajstić information content (AvgIpc) is 2.97. The third kappa shape index (κ3) is 2.70. The largest absolute Gasteiger partial charge is 0.339 e. The summed E-state index contributed by atoms with van der Waals surface area (Å²) in [6.45, 7) is 1.97. The van der Waals surface area contributed by atoms with Crippen molar-refractivity contribution in [2.75, 3.05) is 13.1 Å². The summed E-state index contributed by atoms with van der Waals surface area (Å²) in [5, 5.41) is 9.33. The molecule has 1 aliphatic rings. The van der Waals surface area contributed by atoms with Gasteiger partial charge in [-0.15, -0.1) is 23.7 Å². The molecule has 0 radical (unpaired) electrons. The van der Waals surface area contributed by atoms with Crippen LogP contribution in [0.1, 0.15) is 18.2 Å². The summed E-state index contributed by atoms with van der Waals surface area (Å²) in [7, 11) is 0. The van der Waals surface area contributed by atoms with Gasteiger partial charge in [0.1, 0.15) is 0 Å². The molecule has 17 heavy (non-hydrogen) atoms. The van der Waals surface area contributed by atoms with Crippen molar-refractivity contribution in [3.63, 3.8) is 0 Å². The van der Waals surface area contributed by atoms with Crippen LogP contribution in [0.5, 0.6) is 0 Å². The van der Waals surface area contributed by atoms with Crippen LogP contribution in [0.15, 0.2) is 20.4 Å². The summed E-state index contributed by atoms with van der Waals surface area (Å²) >= 11 is 5.03. The van der Waals surface area contributed by atoms with Crippen LogP contribution in [-0.4, -0.2) is 23.2 Å². The highest BCUT2D eigenvalue weighted by atomic mass is 79.9. The quantitative estimate of drug-likeness (QED) is 0.916. The maximum atomic E-state index is 5.30. The van der Waals surface area contributed by atoms with Crippen LogP contribution >= 0.6 is 39.7 Å². The first-order valence-corrected chi connectivity index (χ1v) is 6.79. The Labute approximate surface area is 117 Å². The second kappa shape index (κ2) is 5.48. The molecular formula is C10H11BrClN3OS. The van der Waals surface area contributed by atoms with Crippen molar-refractivity contribution in [3.05, 3.63) is 21.8 Å². The minimum Gasteiger partial charge on any atom is -0.339 e. The van der Waals surface area contributed by atoms with Crippen molar-refractivity contribution in [1.82, 2.24) is 15.5 Å². The van der Waals surface area contributed by atoms with Crippen LogP contribution in [0.2, 0.25) is 0 Å². The molecule has 0 unspecified atom stereocenters. The van der Waals surface area contributed by atoms with E-state index in [4.69, 9.17) is 4.52 Å². The van der Waals surface area contributed by atoms with E-state index in [0.717, 1.165) is 34.8 Å². The monoisotopic (exact) mass is 335 g/mol. The first kappa shape index (κ1) is 13.0. The second-order valence-corrected chi connectivity index (χ2v) is 5.60. The molecule has 1 fully saturated rings. The number of rotatable bonds is 2. The Kier molecular flexibility index (Phi) is 4.19. The van der Waals surface area contributed by atoms with E-state index in [2.05, 4.69) is 31.4 Å². The zero-order chi connectivity index (χ0) is 11.0. The lowest BCUT2D eigenvalue weighted by Gasteiger charge is -1.98. The van der Waals surface area contributed by atoms with Gasteiger partial charge in [0.2, 0.25) is 11.7 Å². The molecule has 2 aromatic heterocycles. The predicted octanol–water partition coefficient (Wildman–Crippen LogP) is 3.06. The van der Waals surface area contributed by atoms with Crippen molar-refractivity contribution in [2.45, 2.75) is 12.3 Å².